The molecule has 0 fully saturated rings. The van der Waals surface area contributed by atoms with Gasteiger partial charge in [-0.25, -0.2) is 0 Å². The van der Waals surface area contributed by atoms with Crippen LogP contribution in [0.2, 0.25) is 5.82 Å². The molecular weight excluding hydrogens is 117 g/mol. The van der Waals surface area contributed by atoms with Gasteiger partial charge in [0.15, 0.2) is 0 Å². The molecule has 1 heterocycles. The van der Waals surface area contributed by atoms with Crippen molar-refractivity contribution in [3.05, 3.63) is 12.3 Å². The lowest BCUT2D eigenvalue weighted by atomic mass is 9.71. The van der Waals surface area contributed by atoms with Crippen LogP contribution in [-0.2, 0) is 0 Å². The minimum atomic E-state index is -1.24. The summed E-state index contributed by atoms with van der Waals surface area (Å²) in [6, 6.07) is 0. The van der Waals surface area contributed by atoms with Crippen LogP contribution >= 0.6 is 0 Å². The summed E-state index contributed by atoms with van der Waals surface area (Å²) in [5, 5.41) is 17.2. The molecule has 1 atom stereocenters. The third kappa shape index (κ3) is 1.66. The van der Waals surface area contributed by atoms with Crippen LogP contribution in [0, 0.1) is 0 Å². The van der Waals surface area contributed by atoms with Crippen molar-refractivity contribution in [3.63, 3.8) is 0 Å². The van der Waals surface area contributed by atoms with Gasteiger partial charge in [0, 0.05) is 18.2 Å². The van der Waals surface area contributed by atoms with Crippen LogP contribution in [-0.4, -0.2) is 23.4 Å². The molecule has 0 saturated carbocycles. The fourth-order valence-corrected chi connectivity index (χ4v) is 0.703. The molecule has 0 aliphatic carbocycles. The molecule has 4 heteroatoms. The fraction of sp³-hybridized carbons (Fsp3) is 0.400. The molecule has 0 saturated heterocycles. The van der Waals surface area contributed by atoms with Gasteiger partial charge in [-0.1, -0.05) is 6.08 Å². The van der Waals surface area contributed by atoms with Crippen LogP contribution in [0.5, 0.6) is 0 Å². The average molecular weight is 125 g/mol. The predicted molar refractivity (Wildman–Crippen MR) is 36.2 cm³/mol. The van der Waals surface area contributed by atoms with Gasteiger partial charge in [-0.3, -0.25) is 4.99 Å². The smallest absolute Gasteiger partial charge is 0.427 e. The maximum absolute atomic E-state index is 8.62. The summed E-state index contributed by atoms with van der Waals surface area (Å²) in [5.41, 5.74) is 0. The molecule has 0 radical (unpaired) electrons. The van der Waals surface area contributed by atoms with Gasteiger partial charge in [-0.05, 0) is 6.42 Å². The van der Waals surface area contributed by atoms with Gasteiger partial charge in [0.1, 0.15) is 0 Å². The number of allylic oxidation sites excluding steroid dienone is 1. The first kappa shape index (κ1) is 6.51. The Morgan fingerprint density at radius 3 is 2.67 bits per heavy atom. The number of nitrogens with zero attached hydrogens (tertiary/aromatic N) is 1. The largest absolute Gasteiger partial charge is 0.459 e. The van der Waals surface area contributed by atoms with Crippen molar-refractivity contribution in [1.29, 1.82) is 0 Å². The molecular formula is C5H8BNO2. The summed E-state index contributed by atoms with van der Waals surface area (Å²) >= 11 is 0. The van der Waals surface area contributed by atoms with Gasteiger partial charge in [0.05, 0.1) is 0 Å². The van der Waals surface area contributed by atoms with E-state index >= 15 is 0 Å². The molecule has 1 rings (SSSR count). The maximum atomic E-state index is 8.62. The Morgan fingerprint density at radius 1 is 1.56 bits per heavy atom. The topological polar surface area (TPSA) is 52.8 Å². The van der Waals surface area contributed by atoms with Crippen molar-refractivity contribution >= 4 is 13.3 Å². The van der Waals surface area contributed by atoms with Gasteiger partial charge in [0.2, 0.25) is 0 Å². The summed E-state index contributed by atoms with van der Waals surface area (Å²) in [6.07, 6.45) is 5.55. The van der Waals surface area contributed by atoms with Crippen LogP contribution in [0.3, 0.4) is 0 Å². The van der Waals surface area contributed by atoms with E-state index < -0.39 is 7.12 Å². The summed E-state index contributed by atoms with van der Waals surface area (Å²) < 4.78 is 0. The summed E-state index contributed by atoms with van der Waals surface area (Å²) in [4.78, 5) is 3.78. The quantitative estimate of drug-likeness (QED) is 0.477. The zero-order valence-electron chi connectivity index (χ0n) is 4.94. The van der Waals surface area contributed by atoms with Crippen molar-refractivity contribution in [2.45, 2.75) is 12.2 Å². The number of hydrogen-bond acceptors (Lipinski definition) is 3. The van der Waals surface area contributed by atoms with Gasteiger partial charge in [-0.15, -0.1) is 0 Å². The molecule has 9 heavy (non-hydrogen) atoms. The molecule has 48 valence electrons. The van der Waals surface area contributed by atoms with Gasteiger partial charge in [-0.2, -0.15) is 0 Å². The third-order valence-corrected chi connectivity index (χ3v) is 1.29. The summed E-state index contributed by atoms with van der Waals surface area (Å²) in [5.74, 6) is -0.164. The monoisotopic (exact) mass is 125 g/mol. The zero-order valence-corrected chi connectivity index (χ0v) is 4.94. The van der Waals surface area contributed by atoms with Crippen LogP contribution < -0.4 is 0 Å². The summed E-state index contributed by atoms with van der Waals surface area (Å²) in [7, 11) is -1.24. The van der Waals surface area contributed by atoms with Crippen LogP contribution in [0.1, 0.15) is 6.42 Å². The lowest BCUT2D eigenvalue weighted by Gasteiger charge is -2.08. The third-order valence-electron chi connectivity index (χ3n) is 1.29. The Balaban J connectivity index is 2.46. The van der Waals surface area contributed by atoms with Gasteiger partial charge >= 0.3 is 7.12 Å². The number of rotatable bonds is 1. The Kier molecular flexibility index (Phi) is 2.03. The number of aliphatic imine (C=N–C) groups is 1. The maximum Gasteiger partial charge on any atom is 0.459 e. The minimum Gasteiger partial charge on any atom is -0.427 e. The molecule has 0 amide bonds. The average Bonchev–Trinajstić information content (AvgIpc) is 1.90. The first-order valence-electron chi connectivity index (χ1n) is 2.85. The summed E-state index contributed by atoms with van der Waals surface area (Å²) in [6.45, 7) is 0. The van der Waals surface area contributed by atoms with E-state index in [1.165, 1.54) is 0 Å². The Labute approximate surface area is 53.9 Å². The predicted octanol–water partition coefficient (Wildman–Crippen LogP) is -0.182. The highest BCUT2D eigenvalue weighted by atomic mass is 16.4. The first-order chi connectivity index (χ1) is 4.30. The molecule has 0 aromatic carbocycles. The minimum absolute atomic E-state index is 0.164. The SMILES string of the molecule is OB(O)C1C=CN=CC1. The lowest BCUT2D eigenvalue weighted by molar-refractivity contribution is 0.395. The second-order valence-electron chi connectivity index (χ2n) is 1.99. The fourth-order valence-electron chi connectivity index (χ4n) is 0.703. The van der Waals surface area contributed by atoms with Crippen molar-refractivity contribution in [2.75, 3.05) is 0 Å². The molecule has 0 spiro atoms. The molecule has 0 bridgehead atoms. The van der Waals surface area contributed by atoms with Gasteiger partial charge < -0.3 is 10.0 Å². The van der Waals surface area contributed by atoms with Crippen LogP contribution in [0.15, 0.2) is 17.3 Å². The van der Waals surface area contributed by atoms with E-state index in [9.17, 15) is 0 Å². The van der Waals surface area contributed by atoms with Crippen LogP contribution in [0.4, 0.5) is 0 Å². The molecule has 3 nitrogen and oxygen atoms in total. The number of hydrogen-bond donors (Lipinski definition) is 2. The normalized spacial score (nSPS) is 24.4. The van der Waals surface area contributed by atoms with E-state index in [0.29, 0.717) is 6.42 Å². The highest BCUT2D eigenvalue weighted by Crippen LogP contribution is 2.15. The van der Waals surface area contributed by atoms with Crippen molar-refractivity contribution in [2.24, 2.45) is 4.99 Å². The second kappa shape index (κ2) is 2.80. The molecule has 0 aromatic rings. The van der Waals surface area contributed by atoms with E-state index in [1.54, 1.807) is 18.5 Å². The molecule has 1 aliphatic heterocycles. The highest BCUT2D eigenvalue weighted by molar-refractivity contribution is 6.44. The lowest BCUT2D eigenvalue weighted by Crippen LogP contribution is -2.19. The Hall–Kier alpha value is -0.605. The van der Waals surface area contributed by atoms with Gasteiger partial charge in [0.25, 0.3) is 0 Å². The Morgan fingerprint density at radius 2 is 2.33 bits per heavy atom. The zero-order chi connectivity index (χ0) is 6.69. The first-order valence-corrected chi connectivity index (χ1v) is 2.85. The van der Waals surface area contributed by atoms with Crippen molar-refractivity contribution in [1.82, 2.24) is 0 Å². The van der Waals surface area contributed by atoms with E-state index in [1.807, 2.05) is 0 Å². The van der Waals surface area contributed by atoms with E-state index in [0.717, 1.165) is 0 Å². The molecule has 1 aliphatic rings. The molecule has 1 unspecified atom stereocenters. The molecule has 0 aromatic heterocycles. The van der Waals surface area contributed by atoms with Crippen molar-refractivity contribution in [3.8, 4) is 0 Å². The van der Waals surface area contributed by atoms with Crippen molar-refractivity contribution < 1.29 is 10.0 Å². The van der Waals surface area contributed by atoms with Crippen LogP contribution in [0.25, 0.3) is 0 Å². The second-order valence-corrected chi connectivity index (χ2v) is 1.99. The highest BCUT2D eigenvalue weighted by Gasteiger charge is 2.19. The molecule has 2 N–H and O–H groups in total. The Bertz CT molecular complexity index is 144. The standard InChI is InChI=1S/C5H8BNO2/c8-6(9)5-1-3-7-4-2-5/h1,3-5,8-9H,2H2. The van der Waals surface area contributed by atoms with E-state index in [4.69, 9.17) is 10.0 Å². The van der Waals surface area contributed by atoms with E-state index in [-0.39, 0.29) is 5.82 Å². The van der Waals surface area contributed by atoms with E-state index in [2.05, 4.69) is 4.99 Å².